The molecule has 0 bridgehead atoms. The van der Waals surface area contributed by atoms with Crippen LogP contribution in [0.4, 0.5) is 5.69 Å². The number of carbonyl (C=O) groups excluding carboxylic acids is 1. The summed E-state index contributed by atoms with van der Waals surface area (Å²) in [7, 11) is -0.695. The third-order valence-electron chi connectivity index (χ3n) is 3.07. The Morgan fingerprint density at radius 3 is 2.79 bits per heavy atom. The van der Waals surface area contributed by atoms with Crippen LogP contribution in [0.2, 0.25) is 0 Å². The average Bonchev–Trinajstić information content (AvgIpc) is 2.39. The van der Waals surface area contributed by atoms with Crippen LogP contribution in [-0.4, -0.2) is 27.7 Å². The van der Waals surface area contributed by atoms with Gasteiger partial charge in [0, 0.05) is 40.1 Å². The van der Waals surface area contributed by atoms with E-state index in [4.69, 9.17) is 5.73 Å². The van der Waals surface area contributed by atoms with Gasteiger partial charge in [0.05, 0.1) is 0 Å². The summed E-state index contributed by atoms with van der Waals surface area (Å²) < 4.78 is 11.2. The number of rotatable bonds is 3. The minimum absolute atomic E-state index is 0.111. The lowest BCUT2D eigenvalue weighted by Gasteiger charge is -2.21. The minimum Gasteiger partial charge on any atom is -0.399 e. The van der Waals surface area contributed by atoms with Gasteiger partial charge in [0.1, 0.15) is 0 Å². The largest absolute Gasteiger partial charge is 0.399 e. The Morgan fingerprint density at radius 2 is 2.11 bits per heavy atom. The summed E-state index contributed by atoms with van der Waals surface area (Å²) in [5.41, 5.74) is 7.24. The topological polar surface area (TPSA) is 72.2 Å². The van der Waals surface area contributed by atoms with Crippen molar-refractivity contribution in [3.8, 4) is 0 Å². The molecule has 0 saturated carbocycles. The third kappa shape index (κ3) is 4.52. The molecule has 1 fully saturated rings. The van der Waals surface area contributed by atoms with Crippen LogP contribution in [0.15, 0.2) is 30.3 Å². The van der Waals surface area contributed by atoms with Gasteiger partial charge in [-0.3, -0.25) is 9.00 Å². The fraction of sp³-hybridized carbons (Fsp3) is 0.357. The Bertz CT molecular complexity index is 504. The molecule has 102 valence electrons. The van der Waals surface area contributed by atoms with E-state index in [0.717, 1.165) is 18.4 Å². The van der Waals surface area contributed by atoms with Crippen molar-refractivity contribution < 1.29 is 9.00 Å². The lowest BCUT2D eigenvalue weighted by atomic mass is 10.1. The molecule has 0 unspecified atom stereocenters. The smallest absolute Gasteiger partial charge is 0.244 e. The van der Waals surface area contributed by atoms with Gasteiger partial charge in [0.25, 0.3) is 0 Å². The Kier molecular flexibility index (Phi) is 4.74. The second kappa shape index (κ2) is 6.52. The summed E-state index contributed by atoms with van der Waals surface area (Å²) in [6.45, 7) is 0. The Hall–Kier alpha value is -1.62. The van der Waals surface area contributed by atoms with Crippen molar-refractivity contribution in [3.05, 3.63) is 35.9 Å². The first kappa shape index (κ1) is 13.8. The van der Waals surface area contributed by atoms with Gasteiger partial charge >= 0.3 is 0 Å². The van der Waals surface area contributed by atoms with Crippen molar-refractivity contribution in [3.63, 3.8) is 0 Å². The molecule has 4 nitrogen and oxygen atoms in total. The summed E-state index contributed by atoms with van der Waals surface area (Å²) in [6, 6.07) is 7.51. The highest BCUT2D eigenvalue weighted by molar-refractivity contribution is 7.85. The Balaban J connectivity index is 1.85. The molecule has 19 heavy (non-hydrogen) atoms. The van der Waals surface area contributed by atoms with E-state index in [0.29, 0.717) is 17.2 Å². The molecule has 3 N–H and O–H groups in total. The zero-order valence-electron chi connectivity index (χ0n) is 10.7. The molecule has 1 saturated heterocycles. The molecule has 1 heterocycles. The van der Waals surface area contributed by atoms with E-state index in [-0.39, 0.29) is 11.9 Å². The van der Waals surface area contributed by atoms with E-state index in [1.165, 1.54) is 6.08 Å². The van der Waals surface area contributed by atoms with Crippen LogP contribution >= 0.6 is 0 Å². The maximum atomic E-state index is 11.7. The maximum Gasteiger partial charge on any atom is 0.244 e. The SMILES string of the molecule is Nc1cccc(/C=C/C(=O)NC2CCS(=O)CC2)c1. The molecule has 0 radical (unpaired) electrons. The summed E-state index contributed by atoms with van der Waals surface area (Å²) in [5.74, 6) is 1.26. The number of amides is 1. The summed E-state index contributed by atoms with van der Waals surface area (Å²) >= 11 is 0. The highest BCUT2D eigenvalue weighted by Gasteiger charge is 2.18. The molecule has 0 aliphatic carbocycles. The normalized spacial score (nSPS) is 23.4. The molecule has 1 aliphatic heterocycles. The number of hydrogen-bond acceptors (Lipinski definition) is 3. The first-order chi connectivity index (χ1) is 9.13. The van der Waals surface area contributed by atoms with E-state index in [1.54, 1.807) is 12.1 Å². The molecular weight excluding hydrogens is 260 g/mol. The summed E-state index contributed by atoms with van der Waals surface area (Å²) in [5, 5.41) is 2.93. The fourth-order valence-electron chi connectivity index (χ4n) is 2.02. The van der Waals surface area contributed by atoms with E-state index in [2.05, 4.69) is 5.32 Å². The Morgan fingerprint density at radius 1 is 1.37 bits per heavy atom. The van der Waals surface area contributed by atoms with E-state index in [9.17, 15) is 9.00 Å². The van der Waals surface area contributed by atoms with Gasteiger partial charge < -0.3 is 11.1 Å². The second-order valence-corrected chi connectivity index (χ2v) is 6.33. The zero-order valence-corrected chi connectivity index (χ0v) is 11.5. The quantitative estimate of drug-likeness (QED) is 0.647. The zero-order chi connectivity index (χ0) is 13.7. The molecule has 0 aromatic heterocycles. The van der Waals surface area contributed by atoms with Crippen LogP contribution in [0.3, 0.4) is 0 Å². The van der Waals surface area contributed by atoms with Gasteiger partial charge in [-0.15, -0.1) is 0 Å². The Labute approximate surface area is 115 Å². The van der Waals surface area contributed by atoms with Crippen LogP contribution in [-0.2, 0) is 15.6 Å². The van der Waals surface area contributed by atoms with Crippen molar-refractivity contribution in [2.75, 3.05) is 17.2 Å². The number of carbonyl (C=O) groups is 1. The van der Waals surface area contributed by atoms with Crippen LogP contribution in [0.25, 0.3) is 6.08 Å². The number of anilines is 1. The minimum atomic E-state index is -0.695. The number of benzene rings is 1. The van der Waals surface area contributed by atoms with Crippen LogP contribution in [0.5, 0.6) is 0 Å². The molecule has 0 atom stereocenters. The molecule has 1 amide bonds. The third-order valence-corrected chi connectivity index (χ3v) is 4.45. The van der Waals surface area contributed by atoms with Crippen LogP contribution in [0.1, 0.15) is 18.4 Å². The van der Waals surface area contributed by atoms with Crippen LogP contribution < -0.4 is 11.1 Å². The summed E-state index contributed by atoms with van der Waals surface area (Å²) in [6.07, 6.45) is 4.85. The number of nitrogens with one attached hydrogen (secondary N) is 1. The van der Waals surface area contributed by atoms with Gasteiger partial charge in [-0.05, 0) is 36.6 Å². The summed E-state index contributed by atoms with van der Waals surface area (Å²) in [4.78, 5) is 11.7. The van der Waals surface area contributed by atoms with Gasteiger partial charge in [-0.2, -0.15) is 0 Å². The monoisotopic (exact) mass is 278 g/mol. The molecule has 5 heteroatoms. The number of hydrogen-bond donors (Lipinski definition) is 2. The molecule has 2 rings (SSSR count). The van der Waals surface area contributed by atoms with Crippen molar-refractivity contribution in [1.82, 2.24) is 5.32 Å². The predicted molar refractivity (Wildman–Crippen MR) is 78.9 cm³/mol. The van der Waals surface area contributed by atoms with Gasteiger partial charge in [0.15, 0.2) is 0 Å². The highest BCUT2D eigenvalue weighted by Crippen LogP contribution is 2.10. The highest BCUT2D eigenvalue weighted by atomic mass is 32.2. The number of nitrogen functional groups attached to an aromatic ring is 1. The first-order valence-electron chi connectivity index (χ1n) is 6.32. The van der Waals surface area contributed by atoms with E-state index >= 15 is 0 Å². The fourth-order valence-corrected chi connectivity index (χ4v) is 3.32. The lowest BCUT2D eigenvalue weighted by molar-refractivity contribution is -0.117. The van der Waals surface area contributed by atoms with Crippen molar-refractivity contribution in [2.24, 2.45) is 0 Å². The van der Waals surface area contributed by atoms with Gasteiger partial charge in [-0.25, -0.2) is 0 Å². The van der Waals surface area contributed by atoms with Gasteiger partial charge in [-0.1, -0.05) is 12.1 Å². The second-order valence-electron chi connectivity index (χ2n) is 4.63. The standard InChI is InChI=1S/C14H18N2O2S/c15-12-3-1-2-11(10-12)4-5-14(17)16-13-6-8-19(18)9-7-13/h1-5,10,13H,6-9,15H2,(H,16,17)/b5-4+. The van der Waals surface area contributed by atoms with Crippen molar-refractivity contribution in [1.29, 1.82) is 0 Å². The predicted octanol–water partition coefficient (Wildman–Crippen LogP) is 1.31. The van der Waals surface area contributed by atoms with Crippen LogP contribution in [0, 0.1) is 0 Å². The van der Waals surface area contributed by atoms with Crippen molar-refractivity contribution >= 4 is 28.5 Å². The van der Waals surface area contributed by atoms with Crippen molar-refractivity contribution in [2.45, 2.75) is 18.9 Å². The molecule has 0 spiro atoms. The van der Waals surface area contributed by atoms with Gasteiger partial charge in [0.2, 0.25) is 5.91 Å². The van der Waals surface area contributed by atoms with E-state index in [1.807, 2.05) is 18.2 Å². The molecule has 1 aliphatic rings. The number of nitrogens with two attached hydrogens (primary N) is 1. The molecular formula is C14H18N2O2S. The maximum absolute atomic E-state index is 11.7. The first-order valence-corrected chi connectivity index (χ1v) is 7.81. The lowest BCUT2D eigenvalue weighted by Crippen LogP contribution is -2.38. The average molecular weight is 278 g/mol. The molecule has 1 aromatic carbocycles. The van der Waals surface area contributed by atoms with E-state index < -0.39 is 10.8 Å². The molecule has 1 aromatic rings.